The molecule has 0 aliphatic carbocycles. The van der Waals surface area contributed by atoms with Crippen molar-refractivity contribution >= 4 is 15.9 Å². The van der Waals surface area contributed by atoms with Gasteiger partial charge in [0.05, 0.1) is 6.61 Å². The predicted molar refractivity (Wildman–Crippen MR) is 35.0 cm³/mol. The maximum atomic E-state index is 8.43. The van der Waals surface area contributed by atoms with Crippen molar-refractivity contribution < 1.29 is 9.63 Å². The molecule has 4 heteroatoms. The standard InChI is InChI=1S/C5H6BrNO2/c6-5-3-4(1-2-8)9-7-5/h3,8H,1-2H2. The first kappa shape index (κ1) is 6.77. The quantitative estimate of drug-likeness (QED) is 0.759. The highest BCUT2D eigenvalue weighted by Gasteiger charge is 1.98. The van der Waals surface area contributed by atoms with E-state index in [9.17, 15) is 0 Å². The first-order chi connectivity index (χ1) is 4.33. The fourth-order valence-electron chi connectivity index (χ4n) is 0.516. The summed E-state index contributed by atoms with van der Waals surface area (Å²) in [6, 6.07) is 1.73. The van der Waals surface area contributed by atoms with Crippen molar-refractivity contribution in [2.45, 2.75) is 6.42 Å². The minimum Gasteiger partial charge on any atom is -0.396 e. The van der Waals surface area contributed by atoms with Crippen molar-refractivity contribution in [3.8, 4) is 0 Å². The van der Waals surface area contributed by atoms with E-state index in [1.54, 1.807) is 6.07 Å². The van der Waals surface area contributed by atoms with Crippen molar-refractivity contribution in [2.24, 2.45) is 0 Å². The molecule has 0 aliphatic heterocycles. The molecule has 0 saturated carbocycles. The monoisotopic (exact) mass is 191 g/mol. The second-order valence-electron chi connectivity index (χ2n) is 1.59. The molecular formula is C5H6BrNO2. The Morgan fingerprint density at radius 1 is 1.78 bits per heavy atom. The molecule has 0 aromatic carbocycles. The lowest BCUT2D eigenvalue weighted by Gasteiger charge is -1.83. The van der Waals surface area contributed by atoms with Crippen LogP contribution in [0.3, 0.4) is 0 Å². The van der Waals surface area contributed by atoms with Gasteiger partial charge in [-0.3, -0.25) is 0 Å². The third kappa shape index (κ3) is 1.80. The maximum Gasteiger partial charge on any atom is 0.149 e. The first-order valence-electron chi connectivity index (χ1n) is 2.55. The highest BCUT2D eigenvalue weighted by Crippen LogP contribution is 2.09. The molecule has 3 nitrogen and oxygen atoms in total. The number of aliphatic hydroxyl groups is 1. The Morgan fingerprint density at radius 3 is 3.00 bits per heavy atom. The molecule has 0 fully saturated rings. The van der Waals surface area contributed by atoms with Gasteiger partial charge in [0.15, 0.2) is 0 Å². The van der Waals surface area contributed by atoms with Crippen LogP contribution in [0.5, 0.6) is 0 Å². The summed E-state index contributed by atoms with van der Waals surface area (Å²) < 4.78 is 5.42. The third-order valence-corrected chi connectivity index (χ3v) is 1.26. The second kappa shape index (κ2) is 2.98. The first-order valence-corrected chi connectivity index (χ1v) is 3.34. The van der Waals surface area contributed by atoms with Gasteiger partial charge in [0, 0.05) is 12.5 Å². The molecule has 1 heterocycles. The molecule has 0 unspecified atom stereocenters. The van der Waals surface area contributed by atoms with E-state index in [4.69, 9.17) is 9.63 Å². The maximum absolute atomic E-state index is 8.43. The largest absolute Gasteiger partial charge is 0.396 e. The molecule has 0 radical (unpaired) electrons. The van der Waals surface area contributed by atoms with E-state index < -0.39 is 0 Å². The zero-order valence-electron chi connectivity index (χ0n) is 4.67. The van der Waals surface area contributed by atoms with Gasteiger partial charge in [-0.2, -0.15) is 0 Å². The lowest BCUT2D eigenvalue weighted by Crippen LogP contribution is -1.85. The third-order valence-electron chi connectivity index (χ3n) is 0.888. The van der Waals surface area contributed by atoms with Gasteiger partial charge in [0.2, 0.25) is 0 Å². The zero-order chi connectivity index (χ0) is 6.69. The van der Waals surface area contributed by atoms with Crippen LogP contribution in [0, 0.1) is 0 Å². The zero-order valence-corrected chi connectivity index (χ0v) is 6.26. The Kier molecular flexibility index (Phi) is 2.24. The van der Waals surface area contributed by atoms with E-state index in [1.807, 2.05) is 0 Å². The van der Waals surface area contributed by atoms with Crippen LogP contribution in [0.25, 0.3) is 0 Å². The van der Waals surface area contributed by atoms with E-state index in [2.05, 4.69) is 21.1 Å². The smallest absolute Gasteiger partial charge is 0.149 e. The van der Waals surface area contributed by atoms with E-state index >= 15 is 0 Å². The normalized spacial score (nSPS) is 10.0. The van der Waals surface area contributed by atoms with Crippen molar-refractivity contribution in [1.29, 1.82) is 0 Å². The Bertz CT molecular complexity index is 187. The van der Waals surface area contributed by atoms with Crippen molar-refractivity contribution in [3.05, 3.63) is 16.4 Å². The summed E-state index contributed by atoms with van der Waals surface area (Å²) in [5.41, 5.74) is 0. The molecular weight excluding hydrogens is 186 g/mol. The molecule has 1 rings (SSSR count). The summed E-state index contributed by atoms with van der Waals surface area (Å²) in [4.78, 5) is 0. The highest BCUT2D eigenvalue weighted by molar-refractivity contribution is 9.10. The molecule has 9 heavy (non-hydrogen) atoms. The van der Waals surface area contributed by atoms with Crippen molar-refractivity contribution in [1.82, 2.24) is 5.16 Å². The van der Waals surface area contributed by atoms with E-state index in [-0.39, 0.29) is 6.61 Å². The lowest BCUT2D eigenvalue weighted by molar-refractivity contribution is 0.277. The molecule has 0 saturated heterocycles. The minimum absolute atomic E-state index is 0.0988. The molecule has 0 atom stereocenters. The second-order valence-corrected chi connectivity index (χ2v) is 2.40. The van der Waals surface area contributed by atoms with Crippen molar-refractivity contribution in [2.75, 3.05) is 6.61 Å². The summed E-state index contributed by atoms with van der Waals surface area (Å²) in [5.74, 6) is 0.698. The van der Waals surface area contributed by atoms with Crippen LogP contribution in [0.2, 0.25) is 0 Å². The van der Waals surface area contributed by atoms with Crippen LogP contribution in [-0.2, 0) is 6.42 Å². The van der Waals surface area contributed by atoms with Gasteiger partial charge in [0.25, 0.3) is 0 Å². The number of rotatable bonds is 2. The summed E-state index contributed by atoms with van der Waals surface area (Å²) in [6.07, 6.45) is 0.526. The topological polar surface area (TPSA) is 46.3 Å². The van der Waals surface area contributed by atoms with Gasteiger partial charge in [0.1, 0.15) is 10.4 Å². The molecule has 1 aromatic rings. The number of aromatic nitrogens is 1. The summed E-state index contributed by atoms with van der Waals surface area (Å²) in [5, 5.41) is 12.0. The van der Waals surface area contributed by atoms with Gasteiger partial charge in [-0.25, -0.2) is 0 Å². The van der Waals surface area contributed by atoms with E-state index in [1.165, 1.54) is 0 Å². The highest BCUT2D eigenvalue weighted by atomic mass is 79.9. The van der Waals surface area contributed by atoms with Crippen LogP contribution in [0.15, 0.2) is 15.2 Å². The van der Waals surface area contributed by atoms with Gasteiger partial charge in [-0.05, 0) is 15.9 Å². The van der Waals surface area contributed by atoms with E-state index in [0.717, 1.165) is 0 Å². The molecule has 0 spiro atoms. The summed E-state index contributed by atoms with van der Waals surface area (Å²) in [7, 11) is 0. The summed E-state index contributed by atoms with van der Waals surface area (Å²) >= 11 is 3.12. The number of hydrogen-bond acceptors (Lipinski definition) is 3. The molecule has 1 aromatic heterocycles. The summed E-state index contributed by atoms with van der Waals surface area (Å²) in [6.45, 7) is 0.0988. The molecule has 0 bridgehead atoms. The number of nitrogens with zero attached hydrogens (tertiary/aromatic N) is 1. The van der Waals surface area contributed by atoms with Gasteiger partial charge in [-0.15, -0.1) is 0 Å². The average molecular weight is 192 g/mol. The number of aliphatic hydroxyl groups excluding tert-OH is 1. The molecule has 0 amide bonds. The molecule has 50 valence electrons. The lowest BCUT2D eigenvalue weighted by atomic mass is 10.3. The Balaban J connectivity index is 2.61. The van der Waals surface area contributed by atoms with Crippen molar-refractivity contribution in [3.63, 3.8) is 0 Å². The fourth-order valence-corrected chi connectivity index (χ4v) is 0.844. The molecule has 0 aliphatic rings. The van der Waals surface area contributed by atoms with Gasteiger partial charge < -0.3 is 9.63 Å². The molecule has 1 N–H and O–H groups in total. The van der Waals surface area contributed by atoms with Crippen LogP contribution in [-0.4, -0.2) is 16.9 Å². The Hall–Kier alpha value is -0.350. The van der Waals surface area contributed by atoms with Crippen LogP contribution in [0.4, 0.5) is 0 Å². The van der Waals surface area contributed by atoms with E-state index in [0.29, 0.717) is 16.8 Å². The van der Waals surface area contributed by atoms with Crippen LogP contribution in [0.1, 0.15) is 5.76 Å². The van der Waals surface area contributed by atoms with Gasteiger partial charge >= 0.3 is 0 Å². The van der Waals surface area contributed by atoms with Gasteiger partial charge in [-0.1, -0.05) is 5.16 Å². The Morgan fingerprint density at radius 2 is 2.56 bits per heavy atom. The Labute approximate surface area is 60.8 Å². The van der Waals surface area contributed by atoms with Crippen LogP contribution >= 0.6 is 15.9 Å². The van der Waals surface area contributed by atoms with Crippen LogP contribution < -0.4 is 0 Å². The average Bonchev–Trinajstić information content (AvgIpc) is 2.17. The fraction of sp³-hybridized carbons (Fsp3) is 0.400. The number of halogens is 1. The SMILES string of the molecule is OCCc1cc(Br)no1. The number of hydrogen-bond donors (Lipinski definition) is 1. The minimum atomic E-state index is 0.0988. The predicted octanol–water partition coefficient (Wildman–Crippen LogP) is 0.972.